The van der Waals surface area contributed by atoms with E-state index < -0.39 is 0 Å². The highest BCUT2D eigenvalue weighted by Gasteiger charge is 2.18. The van der Waals surface area contributed by atoms with Gasteiger partial charge in [0.2, 0.25) is 11.1 Å². The molecule has 0 fully saturated rings. The third kappa shape index (κ3) is 5.04. The van der Waals surface area contributed by atoms with Crippen LogP contribution in [0.1, 0.15) is 6.92 Å². The number of nitrogens with zero attached hydrogens (tertiary/aromatic N) is 2. The molecule has 0 aliphatic heterocycles. The maximum Gasteiger partial charge on any atom is 0.237 e. The van der Waals surface area contributed by atoms with Crippen molar-refractivity contribution in [2.24, 2.45) is 0 Å². The Morgan fingerprint density at radius 2 is 1.83 bits per heavy atom. The first-order valence-corrected chi connectivity index (χ1v) is 10.7. The van der Waals surface area contributed by atoms with Crippen LogP contribution in [-0.4, -0.2) is 26.3 Å². The van der Waals surface area contributed by atoms with E-state index >= 15 is 0 Å². The van der Waals surface area contributed by atoms with E-state index in [0.717, 1.165) is 10.6 Å². The third-order valence-corrected chi connectivity index (χ3v) is 5.81. The molecule has 2 aromatic carbocycles. The summed E-state index contributed by atoms with van der Waals surface area (Å²) in [5.41, 5.74) is 0.706. The minimum absolute atomic E-state index is 0.116. The maximum absolute atomic E-state index is 12.5. The number of H-pyrrole nitrogens is 1. The highest BCUT2D eigenvalue weighted by atomic mass is 32.2. The molecule has 6 nitrogen and oxygen atoms in total. The lowest BCUT2D eigenvalue weighted by atomic mass is 10.3. The summed E-state index contributed by atoms with van der Waals surface area (Å²) in [5, 5.41) is 12.2. The van der Waals surface area contributed by atoms with Crippen molar-refractivity contribution in [2.75, 3.05) is 5.32 Å². The van der Waals surface area contributed by atoms with Gasteiger partial charge < -0.3 is 10.1 Å². The predicted molar refractivity (Wildman–Crippen MR) is 117 cm³/mol. The van der Waals surface area contributed by atoms with Crippen LogP contribution in [0.2, 0.25) is 0 Å². The normalized spacial score (nSPS) is 11.8. The number of nitrogens with one attached hydrogen (secondary N) is 2. The van der Waals surface area contributed by atoms with Crippen molar-refractivity contribution in [3.05, 3.63) is 72.1 Å². The van der Waals surface area contributed by atoms with E-state index in [9.17, 15) is 4.79 Å². The van der Waals surface area contributed by atoms with Crippen molar-refractivity contribution in [3.63, 3.8) is 0 Å². The van der Waals surface area contributed by atoms with E-state index in [2.05, 4.69) is 20.5 Å². The number of amides is 1. The Balaban J connectivity index is 1.32. The highest BCUT2D eigenvalue weighted by Crippen LogP contribution is 2.26. The molecule has 0 aliphatic carbocycles. The molecule has 1 unspecified atom stereocenters. The second-order valence-corrected chi connectivity index (χ2v) is 8.39. The van der Waals surface area contributed by atoms with Crippen LogP contribution in [-0.2, 0) is 4.79 Å². The summed E-state index contributed by atoms with van der Waals surface area (Å²) >= 11 is 2.89. The summed E-state index contributed by atoms with van der Waals surface area (Å²) in [7, 11) is 0. The van der Waals surface area contributed by atoms with Gasteiger partial charge in [-0.05, 0) is 54.8 Å². The molecule has 0 radical (unpaired) electrons. The number of hydrogen-bond acceptors (Lipinski definition) is 6. The largest absolute Gasteiger partial charge is 0.457 e. The lowest BCUT2D eigenvalue weighted by Gasteiger charge is -2.11. The number of carbonyl (C=O) groups excluding carboxylic acids is 1. The average molecular weight is 423 g/mol. The van der Waals surface area contributed by atoms with Crippen LogP contribution in [0.4, 0.5) is 5.69 Å². The number of thiophene rings is 1. The number of aromatic nitrogens is 3. The molecule has 8 heteroatoms. The monoisotopic (exact) mass is 422 g/mol. The number of ether oxygens (including phenoxy) is 1. The van der Waals surface area contributed by atoms with E-state index in [1.54, 1.807) is 11.3 Å². The molecule has 29 heavy (non-hydrogen) atoms. The molecule has 1 atom stereocenters. The van der Waals surface area contributed by atoms with E-state index in [1.807, 2.05) is 79.0 Å². The zero-order valence-electron chi connectivity index (χ0n) is 15.5. The van der Waals surface area contributed by atoms with Crippen LogP contribution in [0.15, 0.2) is 77.3 Å². The van der Waals surface area contributed by atoms with Crippen molar-refractivity contribution >= 4 is 34.7 Å². The van der Waals surface area contributed by atoms with Crippen molar-refractivity contribution < 1.29 is 9.53 Å². The van der Waals surface area contributed by atoms with Crippen molar-refractivity contribution in [2.45, 2.75) is 17.3 Å². The van der Waals surface area contributed by atoms with Gasteiger partial charge in [-0.25, -0.2) is 4.98 Å². The summed E-state index contributed by atoms with van der Waals surface area (Å²) in [6.07, 6.45) is 0. The zero-order chi connectivity index (χ0) is 20.1. The van der Waals surface area contributed by atoms with Crippen molar-refractivity contribution in [3.8, 4) is 22.2 Å². The number of para-hydroxylation sites is 1. The smallest absolute Gasteiger partial charge is 0.237 e. The Labute approximate surface area is 176 Å². The van der Waals surface area contributed by atoms with E-state index in [4.69, 9.17) is 4.74 Å². The summed E-state index contributed by atoms with van der Waals surface area (Å²) < 4.78 is 5.76. The molecule has 0 bridgehead atoms. The molecule has 4 rings (SSSR count). The van der Waals surface area contributed by atoms with Gasteiger partial charge in [0.25, 0.3) is 0 Å². The molecule has 4 aromatic rings. The van der Waals surface area contributed by atoms with Gasteiger partial charge in [0, 0.05) is 5.69 Å². The fraction of sp³-hybridized carbons (Fsp3) is 0.0952. The molecule has 2 aromatic heterocycles. The van der Waals surface area contributed by atoms with Gasteiger partial charge in [0.1, 0.15) is 11.5 Å². The second-order valence-electron chi connectivity index (χ2n) is 6.13. The molecule has 0 saturated heterocycles. The van der Waals surface area contributed by atoms with Crippen molar-refractivity contribution in [1.29, 1.82) is 0 Å². The quantitative estimate of drug-likeness (QED) is 0.387. The summed E-state index contributed by atoms with van der Waals surface area (Å²) in [6.45, 7) is 1.83. The number of anilines is 1. The third-order valence-electron chi connectivity index (χ3n) is 3.97. The Bertz CT molecular complexity index is 1060. The Morgan fingerprint density at radius 3 is 2.55 bits per heavy atom. The minimum atomic E-state index is -0.345. The van der Waals surface area contributed by atoms with Gasteiger partial charge in [0.05, 0.1) is 10.1 Å². The summed E-state index contributed by atoms with van der Waals surface area (Å²) in [5.74, 6) is 2.07. The first kappa shape index (κ1) is 19.2. The molecule has 0 aliphatic rings. The molecule has 0 spiro atoms. The lowest BCUT2D eigenvalue weighted by molar-refractivity contribution is -0.115. The highest BCUT2D eigenvalue weighted by molar-refractivity contribution is 8.00. The molecule has 0 saturated carbocycles. The van der Waals surface area contributed by atoms with Crippen molar-refractivity contribution in [1.82, 2.24) is 15.2 Å². The summed E-state index contributed by atoms with van der Waals surface area (Å²) in [6, 6.07) is 20.8. The van der Waals surface area contributed by atoms with E-state index in [0.29, 0.717) is 22.4 Å². The van der Waals surface area contributed by atoms with Gasteiger partial charge in [-0.2, -0.15) is 0 Å². The van der Waals surface area contributed by atoms with Gasteiger partial charge in [-0.3, -0.25) is 9.89 Å². The second kappa shape index (κ2) is 8.93. The summed E-state index contributed by atoms with van der Waals surface area (Å²) in [4.78, 5) is 18.0. The Hall–Kier alpha value is -3.10. The zero-order valence-corrected chi connectivity index (χ0v) is 17.2. The van der Waals surface area contributed by atoms with Crippen LogP contribution in [0, 0.1) is 0 Å². The van der Waals surface area contributed by atoms with Gasteiger partial charge in [-0.1, -0.05) is 36.0 Å². The van der Waals surface area contributed by atoms with Crippen LogP contribution in [0.5, 0.6) is 11.5 Å². The number of benzene rings is 2. The minimum Gasteiger partial charge on any atom is -0.457 e. The number of carbonyl (C=O) groups is 1. The molecule has 2 N–H and O–H groups in total. The SMILES string of the molecule is CC(Sc1n[nH]c(-c2cccs2)n1)C(=O)Nc1ccc(Oc2ccccc2)cc1. The van der Waals surface area contributed by atoms with Gasteiger partial charge >= 0.3 is 0 Å². The predicted octanol–water partition coefficient (Wildman–Crippen LogP) is 5.44. The molecular formula is C21H18N4O2S2. The number of rotatable bonds is 7. The Kier molecular flexibility index (Phi) is 5.92. The lowest BCUT2D eigenvalue weighted by Crippen LogP contribution is -2.22. The van der Waals surface area contributed by atoms with Crippen LogP contribution < -0.4 is 10.1 Å². The molecular weight excluding hydrogens is 404 g/mol. The Morgan fingerprint density at radius 1 is 1.07 bits per heavy atom. The van der Waals surface area contributed by atoms with Crippen LogP contribution in [0.3, 0.4) is 0 Å². The van der Waals surface area contributed by atoms with E-state index in [1.165, 1.54) is 11.8 Å². The fourth-order valence-electron chi connectivity index (χ4n) is 2.51. The molecule has 146 valence electrons. The number of thioether (sulfide) groups is 1. The average Bonchev–Trinajstić information content (AvgIpc) is 3.42. The number of hydrogen-bond donors (Lipinski definition) is 2. The van der Waals surface area contributed by atoms with Gasteiger partial charge in [-0.15, -0.1) is 16.4 Å². The topological polar surface area (TPSA) is 79.9 Å². The van der Waals surface area contributed by atoms with Crippen LogP contribution >= 0.6 is 23.1 Å². The molecule has 2 heterocycles. The first-order chi connectivity index (χ1) is 14.2. The first-order valence-electron chi connectivity index (χ1n) is 8.94. The standard InChI is InChI=1S/C21H18N4O2S2/c1-14(29-21-23-19(24-25-21)18-8-5-13-28-18)20(26)22-15-9-11-17(12-10-15)27-16-6-3-2-4-7-16/h2-14H,1H3,(H,22,26)(H,23,24,25). The number of aromatic amines is 1. The van der Waals surface area contributed by atoms with E-state index in [-0.39, 0.29) is 11.2 Å². The van der Waals surface area contributed by atoms with Crippen LogP contribution in [0.25, 0.3) is 10.7 Å². The van der Waals surface area contributed by atoms with Gasteiger partial charge in [0.15, 0.2) is 5.82 Å². The molecule has 1 amide bonds. The fourth-order valence-corrected chi connectivity index (χ4v) is 3.90. The maximum atomic E-state index is 12.5.